The number of halogens is 1. The van der Waals surface area contributed by atoms with E-state index in [9.17, 15) is 9.59 Å². The number of carbonyl (C=O) groups is 2. The molecule has 0 aliphatic carbocycles. The zero-order chi connectivity index (χ0) is 18.8. The minimum absolute atomic E-state index is 0.105. The first-order chi connectivity index (χ1) is 12.5. The van der Waals surface area contributed by atoms with Gasteiger partial charge in [0.25, 0.3) is 0 Å². The van der Waals surface area contributed by atoms with Crippen LogP contribution >= 0.6 is 11.6 Å². The number of Topliss-reactive ketones (excluding diaryl/α,β-unsaturated/α-hetero) is 1. The van der Waals surface area contributed by atoms with E-state index in [-0.39, 0.29) is 5.78 Å². The predicted octanol–water partition coefficient (Wildman–Crippen LogP) is 3.99. The maximum Gasteiger partial charge on any atom is 0.249 e. The number of fused-ring (bicyclic) bond motifs is 1. The number of primary amides is 1. The molecular weight excluding hydrogens is 350 g/mol. The van der Waals surface area contributed by atoms with Crippen LogP contribution in [0.3, 0.4) is 0 Å². The van der Waals surface area contributed by atoms with Gasteiger partial charge in [-0.05, 0) is 31.0 Å². The summed E-state index contributed by atoms with van der Waals surface area (Å²) in [5, 5.41) is 1.18. The molecular formula is C20H20ClN3O2. The molecule has 0 aliphatic heterocycles. The molecule has 0 bridgehead atoms. The molecule has 3 rings (SSSR count). The number of amides is 1. The first kappa shape index (κ1) is 18.1. The average molecular weight is 370 g/mol. The largest absolute Gasteiger partial charge is 0.366 e. The van der Waals surface area contributed by atoms with E-state index in [1.807, 2.05) is 35.8 Å². The fourth-order valence-corrected chi connectivity index (χ4v) is 3.55. The lowest BCUT2D eigenvalue weighted by atomic mass is 10.0. The van der Waals surface area contributed by atoms with Crippen molar-refractivity contribution in [2.45, 2.75) is 33.2 Å². The second-order valence-electron chi connectivity index (χ2n) is 6.23. The molecule has 2 N–H and O–H groups in total. The third-order valence-electron chi connectivity index (χ3n) is 4.44. The molecule has 26 heavy (non-hydrogen) atoms. The Balaban J connectivity index is 2.35. The van der Waals surface area contributed by atoms with Gasteiger partial charge in [-0.1, -0.05) is 43.1 Å². The summed E-state index contributed by atoms with van der Waals surface area (Å²) < 4.78 is 1.98. The highest BCUT2D eigenvalue weighted by atomic mass is 35.5. The van der Waals surface area contributed by atoms with Crippen molar-refractivity contribution < 1.29 is 9.59 Å². The first-order valence-electron chi connectivity index (χ1n) is 8.49. The molecule has 134 valence electrons. The quantitative estimate of drug-likeness (QED) is 0.667. The Bertz CT molecular complexity index is 1010. The summed E-state index contributed by atoms with van der Waals surface area (Å²) in [5.74, 6) is -0.676. The van der Waals surface area contributed by atoms with Gasteiger partial charge in [0.15, 0.2) is 5.78 Å². The fraction of sp³-hybridized carbons (Fsp3) is 0.250. The van der Waals surface area contributed by atoms with E-state index < -0.39 is 5.91 Å². The predicted molar refractivity (Wildman–Crippen MR) is 103 cm³/mol. The molecule has 1 amide bonds. The minimum atomic E-state index is -0.571. The number of carbonyl (C=O) groups excluding carboxylic acids is 2. The van der Waals surface area contributed by atoms with Crippen LogP contribution in [-0.2, 0) is 13.0 Å². The van der Waals surface area contributed by atoms with Gasteiger partial charge in [0.05, 0.1) is 12.1 Å². The van der Waals surface area contributed by atoms with Crippen LogP contribution in [-0.4, -0.2) is 21.2 Å². The van der Waals surface area contributed by atoms with Crippen LogP contribution in [0, 0.1) is 0 Å². The zero-order valence-electron chi connectivity index (χ0n) is 14.8. The van der Waals surface area contributed by atoms with Crippen molar-refractivity contribution in [3.8, 4) is 0 Å². The van der Waals surface area contributed by atoms with Crippen LogP contribution in [0.25, 0.3) is 11.0 Å². The summed E-state index contributed by atoms with van der Waals surface area (Å²) in [5.41, 5.74) is 8.75. The zero-order valence-corrected chi connectivity index (χ0v) is 15.5. The summed E-state index contributed by atoms with van der Waals surface area (Å²) in [7, 11) is 0. The number of aromatic nitrogens is 2. The molecule has 6 heteroatoms. The Morgan fingerprint density at radius 2 is 1.96 bits per heavy atom. The van der Waals surface area contributed by atoms with Crippen LogP contribution in [0.4, 0.5) is 0 Å². The number of benzene rings is 1. The van der Waals surface area contributed by atoms with Crippen molar-refractivity contribution in [3.05, 3.63) is 63.9 Å². The number of hydrogen-bond donors (Lipinski definition) is 1. The Morgan fingerprint density at radius 1 is 1.23 bits per heavy atom. The van der Waals surface area contributed by atoms with E-state index in [0.29, 0.717) is 40.1 Å². The van der Waals surface area contributed by atoms with Crippen LogP contribution in [0.15, 0.2) is 36.5 Å². The molecule has 2 aromatic heterocycles. The Hall–Kier alpha value is -2.66. The smallest absolute Gasteiger partial charge is 0.249 e. The summed E-state index contributed by atoms with van der Waals surface area (Å²) in [6, 6.07) is 9.12. The van der Waals surface area contributed by atoms with Gasteiger partial charge in [0.2, 0.25) is 5.91 Å². The second-order valence-corrected chi connectivity index (χ2v) is 6.63. The number of nitrogens with two attached hydrogens (primary N) is 1. The average Bonchev–Trinajstić information content (AvgIpc) is 2.91. The normalized spacial score (nSPS) is 11.0. The molecule has 2 heterocycles. The minimum Gasteiger partial charge on any atom is -0.366 e. The summed E-state index contributed by atoms with van der Waals surface area (Å²) >= 11 is 6.33. The molecule has 0 saturated heterocycles. The number of rotatable bonds is 6. The Morgan fingerprint density at radius 3 is 2.58 bits per heavy atom. The maximum atomic E-state index is 12.4. The molecule has 0 unspecified atom stereocenters. The fourth-order valence-electron chi connectivity index (χ4n) is 3.36. The molecule has 0 aliphatic rings. The molecule has 0 fully saturated rings. The van der Waals surface area contributed by atoms with Crippen molar-refractivity contribution in [2.75, 3.05) is 0 Å². The van der Waals surface area contributed by atoms with Gasteiger partial charge in [0, 0.05) is 27.9 Å². The van der Waals surface area contributed by atoms with Crippen LogP contribution in [0.1, 0.15) is 52.2 Å². The highest BCUT2D eigenvalue weighted by Gasteiger charge is 2.24. The Labute approximate surface area is 156 Å². The maximum absolute atomic E-state index is 12.4. The summed E-state index contributed by atoms with van der Waals surface area (Å²) in [6.07, 6.45) is 3.09. The monoisotopic (exact) mass is 369 g/mol. The van der Waals surface area contributed by atoms with Gasteiger partial charge in [-0.3, -0.25) is 9.59 Å². The number of ketones is 1. The molecule has 0 saturated carbocycles. The highest BCUT2D eigenvalue weighted by Crippen LogP contribution is 2.31. The van der Waals surface area contributed by atoms with E-state index in [2.05, 4.69) is 4.98 Å². The van der Waals surface area contributed by atoms with E-state index in [0.717, 1.165) is 17.7 Å². The van der Waals surface area contributed by atoms with E-state index in [1.165, 1.54) is 6.92 Å². The second kappa shape index (κ2) is 7.30. The molecule has 0 atom stereocenters. The lowest BCUT2D eigenvalue weighted by Crippen LogP contribution is -2.12. The van der Waals surface area contributed by atoms with Crippen LogP contribution in [0.2, 0.25) is 5.02 Å². The molecule has 5 nitrogen and oxygen atoms in total. The third kappa shape index (κ3) is 3.10. The highest BCUT2D eigenvalue weighted by molar-refractivity contribution is 6.31. The van der Waals surface area contributed by atoms with E-state index in [1.54, 1.807) is 12.3 Å². The van der Waals surface area contributed by atoms with Gasteiger partial charge in [-0.25, -0.2) is 4.98 Å². The molecule has 3 aromatic rings. The Kier molecular flexibility index (Phi) is 5.09. The van der Waals surface area contributed by atoms with Crippen molar-refractivity contribution in [2.24, 2.45) is 5.73 Å². The SMILES string of the molecule is CCCc1c(C(C)=O)c2c(C(N)=O)ccnc2n1Cc1ccccc1Cl. The van der Waals surface area contributed by atoms with Crippen molar-refractivity contribution in [3.63, 3.8) is 0 Å². The molecule has 1 aromatic carbocycles. The third-order valence-corrected chi connectivity index (χ3v) is 4.81. The number of hydrogen-bond acceptors (Lipinski definition) is 3. The number of pyridine rings is 1. The van der Waals surface area contributed by atoms with Gasteiger partial charge < -0.3 is 10.3 Å². The first-order valence-corrected chi connectivity index (χ1v) is 8.87. The van der Waals surface area contributed by atoms with E-state index in [4.69, 9.17) is 17.3 Å². The topological polar surface area (TPSA) is 78.0 Å². The molecule has 0 radical (unpaired) electrons. The summed E-state index contributed by atoms with van der Waals surface area (Å²) in [6.45, 7) is 4.02. The van der Waals surface area contributed by atoms with Crippen LogP contribution in [0.5, 0.6) is 0 Å². The van der Waals surface area contributed by atoms with Gasteiger partial charge in [-0.2, -0.15) is 0 Å². The standard InChI is InChI=1S/C20H20ClN3O2/c1-3-6-16-17(12(2)25)18-14(19(22)26)9-10-23-20(18)24(16)11-13-7-4-5-8-15(13)21/h4-5,7-10H,3,6,11H2,1-2H3,(H2,22,26). The van der Waals surface area contributed by atoms with Crippen molar-refractivity contribution in [1.82, 2.24) is 9.55 Å². The van der Waals surface area contributed by atoms with Crippen molar-refractivity contribution in [1.29, 1.82) is 0 Å². The lowest BCUT2D eigenvalue weighted by molar-refractivity contribution is 0.100. The van der Waals surface area contributed by atoms with Gasteiger partial charge in [-0.15, -0.1) is 0 Å². The van der Waals surface area contributed by atoms with Gasteiger partial charge in [0.1, 0.15) is 5.65 Å². The van der Waals surface area contributed by atoms with Crippen LogP contribution < -0.4 is 5.73 Å². The molecule has 0 spiro atoms. The van der Waals surface area contributed by atoms with E-state index >= 15 is 0 Å². The number of nitrogens with zero attached hydrogens (tertiary/aromatic N) is 2. The van der Waals surface area contributed by atoms with Gasteiger partial charge >= 0.3 is 0 Å². The summed E-state index contributed by atoms with van der Waals surface area (Å²) in [4.78, 5) is 28.8. The van der Waals surface area contributed by atoms with Crippen molar-refractivity contribution >= 4 is 34.3 Å². The lowest BCUT2D eigenvalue weighted by Gasteiger charge is -2.12.